The Labute approximate surface area is 146 Å². The first-order valence-electron chi connectivity index (χ1n) is 8.77. The summed E-state index contributed by atoms with van der Waals surface area (Å²) < 4.78 is 8.21. The third-order valence-electron chi connectivity index (χ3n) is 4.64. The average molecular weight is 341 g/mol. The summed E-state index contributed by atoms with van der Waals surface area (Å²) in [5.74, 6) is 0.901. The molecule has 4 nitrogen and oxygen atoms in total. The maximum atomic E-state index is 5.93. The quantitative estimate of drug-likeness (QED) is 0.767. The number of hydrogen-bond acceptors (Lipinski definition) is 4. The normalized spacial score (nSPS) is 14.1. The van der Waals surface area contributed by atoms with E-state index in [1.807, 2.05) is 36.5 Å². The smallest absolute Gasteiger partial charge is 0.194 e. The minimum absolute atomic E-state index is 0.627. The molecule has 0 amide bonds. The number of thiazole rings is 1. The van der Waals surface area contributed by atoms with Crippen LogP contribution in [0.15, 0.2) is 24.3 Å². The van der Waals surface area contributed by atoms with E-state index in [9.17, 15) is 0 Å². The van der Waals surface area contributed by atoms with Crippen LogP contribution in [-0.2, 0) is 19.3 Å². The van der Waals surface area contributed by atoms with Gasteiger partial charge in [0.05, 0.1) is 18.0 Å². The summed E-state index contributed by atoms with van der Waals surface area (Å²) in [5.41, 5.74) is 10.7. The fourth-order valence-electron chi connectivity index (χ4n) is 3.62. The summed E-state index contributed by atoms with van der Waals surface area (Å²) in [6.07, 6.45) is 5.74. The van der Waals surface area contributed by atoms with Crippen molar-refractivity contribution in [1.82, 2.24) is 9.38 Å². The SMILES string of the molecule is CCOc1ccccc1-c1nc2sc3c(n2c1CCN)CCCC3. The Bertz CT molecular complexity index is 865. The van der Waals surface area contributed by atoms with E-state index in [0.29, 0.717) is 13.2 Å². The minimum Gasteiger partial charge on any atom is -0.493 e. The Morgan fingerprint density at radius 1 is 1.25 bits per heavy atom. The number of fused-ring (bicyclic) bond motifs is 3. The van der Waals surface area contributed by atoms with Gasteiger partial charge in [-0.3, -0.25) is 4.40 Å². The van der Waals surface area contributed by atoms with E-state index in [1.165, 1.54) is 35.5 Å². The number of nitrogens with zero attached hydrogens (tertiary/aromatic N) is 2. The molecule has 0 spiro atoms. The molecule has 2 aromatic heterocycles. The van der Waals surface area contributed by atoms with E-state index in [0.717, 1.165) is 34.8 Å². The van der Waals surface area contributed by atoms with Crippen LogP contribution in [-0.4, -0.2) is 22.5 Å². The van der Waals surface area contributed by atoms with Gasteiger partial charge in [0.15, 0.2) is 4.96 Å². The number of imidazole rings is 1. The Balaban J connectivity index is 1.93. The molecule has 24 heavy (non-hydrogen) atoms. The molecule has 1 aliphatic rings. The van der Waals surface area contributed by atoms with E-state index in [1.54, 1.807) is 0 Å². The number of rotatable bonds is 5. The van der Waals surface area contributed by atoms with Gasteiger partial charge >= 0.3 is 0 Å². The number of hydrogen-bond donors (Lipinski definition) is 1. The second-order valence-electron chi connectivity index (χ2n) is 6.17. The number of benzene rings is 1. The van der Waals surface area contributed by atoms with E-state index in [4.69, 9.17) is 15.5 Å². The molecular formula is C19H23N3OS. The van der Waals surface area contributed by atoms with Gasteiger partial charge in [-0.2, -0.15) is 0 Å². The first-order valence-corrected chi connectivity index (χ1v) is 9.59. The lowest BCUT2D eigenvalue weighted by molar-refractivity contribution is 0.341. The number of para-hydroxylation sites is 1. The van der Waals surface area contributed by atoms with Crippen LogP contribution < -0.4 is 10.5 Å². The van der Waals surface area contributed by atoms with Gasteiger partial charge in [-0.05, 0) is 51.3 Å². The molecule has 5 heteroatoms. The highest BCUT2D eigenvalue weighted by molar-refractivity contribution is 7.17. The van der Waals surface area contributed by atoms with Crippen LogP contribution in [0, 0.1) is 0 Å². The molecule has 3 aromatic rings. The first-order chi connectivity index (χ1) is 11.8. The highest BCUT2D eigenvalue weighted by Crippen LogP contribution is 2.37. The van der Waals surface area contributed by atoms with Crippen LogP contribution in [0.3, 0.4) is 0 Å². The molecule has 2 N–H and O–H groups in total. The zero-order valence-electron chi connectivity index (χ0n) is 14.0. The van der Waals surface area contributed by atoms with Gasteiger partial charge in [0, 0.05) is 22.6 Å². The summed E-state index contributed by atoms with van der Waals surface area (Å²) in [6.45, 7) is 3.29. The molecule has 0 fully saturated rings. The van der Waals surface area contributed by atoms with E-state index in [2.05, 4.69) is 10.5 Å². The van der Waals surface area contributed by atoms with Crippen molar-refractivity contribution in [3.8, 4) is 17.0 Å². The van der Waals surface area contributed by atoms with E-state index in [-0.39, 0.29) is 0 Å². The maximum Gasteiger partial charge on any atom is 0.194 e. The molecule has 4 rings (SSSR count). The van der Waals surface area contributed by atoms with Crippen molar-refractivity contribution in [1.29, 1.82) is 0 Å². The van der Waals surface area contributed by atoms with Crippen LogP contribution in [0.5, 0.6) is 5.75 Å². The van der Waals surface area contributed by atoms with Gasteiger partial charge in [-0.15, -0.1) is 11.3 Å². The standard InChI is InChI=1S/C19H23N3OS/c1-2-23-16-9-5-3-7-13(16)18-15(11-12-20)22-14-8-4-6-10-17(14)24-19(22)21-18/h3,5,7,9H,2,4,6,8,10-12,20H2,1H3. The lowest BCUT2D eigenvalue weighted by atomic mass is 10.0. The predicted molar refractivity (Wildman–Crippen MR) is 99.1 cm³/mol. The van der Waals surface area contributed by atoms with E-state index < -0.39 is 0 Å². The summed E-state index contributed by atoms with van der Waals surface area (Å²) in [7, 11) is 0. The number of aromatic nitrogens is 2. The molecule has 0 saturated carbocycles. The highest BCUT2D eigenvalue weighted by Gasteiger charge is 2.23. The lowest BCUT2D eigenvalue weighted by Gasteiger charge is -2.13. The van der Waals surface area contributed by atoms with Crippen LogP contribution in [0.1, 0.15) is 36.0 Å². The van der Waals surface area contributed by atoms with Crippen LogP contribution in [0.4, 0.5) is 0 Å². The van der Waals surface area contributed by atoms with E-state index >= 15 is 0 Å². The number of aryl methyl sites for hydroxylation is 2. The third-order valence-corrected chi connectivity index (χ3v) is 5.78. The summed E-state index contributed by atoms with van der Waals surface area (Å²) >= 11 is 1.84. The molecular weight excluding hydrogens is 318 g/mol. The molecule has 0 aliphatic heterocycles. The van der Waals surface area contributed by atoms with Gasteiger partial charge in [0.1, 0.15) is 5.75 Å². The average Bonchev–Trinajstić information content (AvgIpc) is 3.13. The molecule has 0 bridgehead atoms. The summed E-state index contributed by atoms with van der Waals surface area (Å²) in [4.78, 5) is 7.60. The second-order valence-corrected chi connectivity index (χ2v) is 7.23. The van der Waals surface area contributed by atoms with Crippen molar-refractivity contribution in [3.05, 3.63) is 40.5 Å². The Hall–Kier alpha value is -1.85. The molecule has 0 saturated heterocycles. The zero-order valence-corrected chi connectivity index (χ0v) is 14.9. The summed E-state index contributed by atoms with van der Waals surface area (Å²) in [5, 5.41) is 0. The fourth-order valence-corrected chi connectivity index (χ4v) is 4.85. The minimum atomic E-state index is 0.627. The lowest BCUT2D eigenvalue weighted by Crippen LogP contribution is -2.10. The Kier molecular flexibility index (Phi) is 4.29. The van der Waals surface area contributed by atoms with Crippen molar-refractivity contribution in [3.63, 3.8) is 0 Å². The molecule has 126 valence electrons. The van der Waals surface area contributed by atoms with Gasteiger partial charge in [0.25, 0.3) is 0 Å². The first kappa shape index (κ1) is 15.7. The van der Waals surface area contributed by atoms with Gasteiger partial charge in [-0.25, -0.2) is 4.98 Å². The van der Waals surface area contributed by atoms with Gasteiger partial charge < -0.3 is 10.5 Å². The fraction of sp³-hybridized carbons (Fsp3) is 0.421. The highest BCUT2D eigenvalue weighted by atomic mass is 32.1. The van der Waals surface area contributed by atoms with Crippen molar-refractivity contribution < 1.29 is 4.74 Å². The van der Waals surface area contributed by atoms with Crippen LogP contribution in [0.2, 0.25) is 0 Å². The van der Waals surface area contributed by atoms with Crippen molar-refractivity contribution in [2.24, 2.45) is 5.73 Å². The number of nitrogens with two attached hydrogens (primary N) is 1. The van der Waals surface area contributed by atoms with Gasteiger partial charge in [0.2, 0.25) is 0 Å². The van der Waals surface area contributed by atoms with Crippen LogP contribution in [0.25, 0.3) is 16.2 Å². The zero-order chi connectivity index (χ0) is 16.5. The molecule has 0 atom stereocenters. The third kappa shape index (κ3) is 2.52. The van der Waals surface area contributed by atoms with Crippen LogP contribution >= 0.6 is 11.3 Å². The Morgan fingerprint density at radius 3 is 2.92 bits per heavy atom. The number of ether oxygens (including phenoxy) is 1. The monoisotopic (exact) mass is 341 g/mol. The largest absolute Gasteiger partial charge is 0.493 e. The topological polar surface area (TPSA) is 52.5 Å². The molecule has 1 aliphatic carbocycles. The molecule has 2 heterocycles. The van der Waals surface area contributed by atoms with Crippen molar-refractivity contribution in [2.45, 2.75) is 39.0 Å². The summed E-state index contributed by atoms with van der Waals surface area (Å²) in [6, 6.07) is 8.18. The Morgan fingerprint density at radius 2 is 2.08 bits per heavy atom. The van der Waals surface area contributed by atoms with Crippen molar-refractivity contribution >= 4 is 16.3 Å². The van der Waals surface area contributed by atoms with Gasteiger partial charge in [-0.1, -0.05) is 12.1 Å². The van der Waals surface area contributed by atoms with Crippen molar-refractivity contribution in [2.75, 3.05) is 13.2 Å². The molecule has 0 radical (unpaired) electrons. The molecule has 0 unspecified atom stereocenters. The second kappa shape index (κ2) is 6.57. The predicted octanol–water partition coefficient (Wildman–Crippen LogP) is 3.84. The maximum absolute atomic E-state index is 5.93. The molecule has 1 aromatic carbocycles.